The zero-order valence-corrected chi connectivity index (χ0v) is 28.8. The van der Waals surface area contributed by atoms with Crippen molar-refractivity contribution in [2.45, 2.75) is 0 Å². The number of nitrogens with zero attached hydrogens (tertiary/aromatic N) is 3. The SMILES string of the molecule is c1ccc(-c2nc(-c3cccc(-c4ccc5c(c4)c4c6ccccc6sc4n4c6ccccc6c(-c6ccccc6)c54)c3)nc3ccccc23)cc1. The summed E-state index contributed by atoms with van der Waals surface area (Å²) in [6.07, 6.45) is 0. The zero-order valence-electron chi connectivity index (χ0n) is 28.0. The number of fused-ring (bicyclic) bond motifs is 11. The predicted molar refractivity (Wildman–Crippen MR) is 220 cm³/mol. The summed E-state index contributed by atoms with van der Waals surface area (Å²) in [7, 11) is 0. The van der Waals surface area contributed by atoms with Gasteiger partial charge in [-0.2, -0.15) is 0 Å². The molecule has 0 aliphatic carbocycles. The zero-order chi connectivity index (χ0) is 34.2. The molecule has 0 aliphatic heterocycles. The quantitative estimate of drug-likeness (QED) is 0.185. The first-order chi connectivity index (χ1) is 25.8. The van der Waals surface area contributed by atoms with E-state index in [4.69, 9.17) is 9.97 Å². The van der Waals surface area contributed by atoms with Crippen LogP contribution >= 0.6 is 11.3 Å². The van der Waals surface area contributed by atoms with Gasteiger partial charge in [-0.25, -0.2) is 9.97 Å². The van der Waals surface area contributed by atoms with E-state index in [0.29, 0.717) is 0 Å². The Hall–Kier alpha value is -6.62. The lowest BCUT2D eigenvalue weighted by Crippen LogP contribution is -1.95. The Morgan fingerprint density at radius 2 is 1.08 bits per heavy atom. The summed E-state index contributed by atoms with van der Waals surface area (Å²) in [5.74, 6) is 0.723. The second-order valence-electron chi connectivity index (χ2n) is 13.3. The Labute approximate surface area is 303 Å². The van der Waals surface area contributed by atoms with E-state index < -0.39 is 0 Å². The highest BCUT2D eigenvalue weighted by Gasteiger charge is 2.22. The number of pyridine rings is 1. The van der Waals surface area contributed by atoms with E-state index in [2.05, 4.69) is 168 Å². The number of aromatic nitrogens is 3. The minimum Gasteiger partial charge on any atom is -0.299 e. The molecule has 0 atom stereocenters. The first-order valence-electron chi connectivity index (χ1n) is 17.6. The van der Waals surface area contributed by atoms with Gasteiger partial charge in [0.05, 0.1) is 22.2 Å². The van der Waals surface area contributed by atoms with Gasteiger partial charge in [0.1, 0.15) is 4.83 Å². The minimum atomic E-state index is 0.723. The Morgan fingerprint density at radius 1 is 0.423 bits per heavy atom. The van der Waals surface area contributed by atoms with E-state index in [1.54, 1.807) is 0 Å². The average molecular weight is 680 g/mol. The third-order valence-electron chi connectivity index (χ3n) is 10.4. The molecule has 0 unspecified atom stereocenters. The summed E-state index contributed by atoms with van der Waals surface area (Å²) >= 11 is 1.88. The molecule has 0 aliphatic rings. The van der Waals surface area contributed by atoms with Crippen molar-refractivity contribution in [2.24, 2.45) is 0 Å². The number of hydrogen-bond acceptors (Lipinski definition) is 3. The minimum absolute atomic E-state index is 0.723. The van der Waals surface area contributed by atoms with Crippen LogP contribution in [0, 0.1) is 0 Å². The number of para-hydroxylation sites is 2. The molecule has 0 N–H and O–H groups in total. The maximum absolute atomic E-state index is 5.18. The van der Waals surface area contributed by atoms with Gasteiger partial charge in [0.2, 0.25) is 0 Å². The fourth-order valence-electron chi connectivity index (χ4n) is 8.05. The van der Waals surface area contributed by atoms with Crippen LogP contribution in [-0.4, -0.2) is 14.4 Å². The van der Waals surface area contributed by atoms with Crippen LogP contribution < -0.4 is 0 Å². The monoisotopic (exact) mass is 679 g/mol. The van der Waals surface area contributed by atoms with Crippen LogP contribution in [0.5, 0.6) is 0 Å². The molecule has 0 bridgehead atoms. The van der Waals surface area contributed by atoms with Crippen molar-refractivity contribution in [3.63, 3.8) is 0 Å². The molecule has 11 rings (SSSR count). The van der Waals surface area contributed by atoms with Gasteiger partial charge in [0.15, 0.2) is 5.82 Å². The normalized spacial score (nSPS) is 11.8. The Bertz CT molecular complexity index is 3180. The van der Waals surface area contributed by atoms with Gasteiger partial charge < -0.3 is 0 Å². The van der Waals surface area contributed by atoms with Gasteiger partial charge in [0, 0.05) is 48.3 Å². The lowest BCUT2D eigenvalue weighted by molar-refractivity contribution is 1.23. The molecule has 52 heavy (non-hydrogen) atoms. The highest BCUT2D eigenvalue weighted by molar-refractivity contribution is 7.25. The molecule has 11 aromatic rings. The van der Waals surface area contributed by atoms with Crippen LogP contribution in [0.25, 0.3) is 103 Å². The van der Waals surface area contributed by atoms with Gasteiger partial charge in [-0.1, -0.05) is 146 Å². The summed E-state index contributed by atoms with van der Waals surface area (Å²) in [6, 6.07) is 62.9. The van der Waals surface area contributed by atoms with Crippen LogP contribution in [0.3, 0.4) is 0 Å². The molecule has 4 heterocycles. The van der Waals surface area contributed by atoms with E-state index in [-0.39, 0.29) is 0 Å². The van der Waals surface area contributed by atoms with Crippen molar-refractivity contribution in [3.05, 3.63) is 176 Å². The molecule has 7 aromatic carbocycles. The Balaban J connectivity index is 1.18. The van der Waals surface area contributed by atoms with Crippen LogP contribution in [0.1, 0.15) is 0 Å². The summed E-state index contributed by atoms with van der Waals surface area (Å²) in [5.41, 5.74) is 11.2. The van der Waals surface area contributed by atoms with Crippen molar-refractivity contribution in [1.82, 2.24) is 14.4 Å². The van der Waals surface area contributed by atoms with Crippen molar-refractivity contribution in [1.29, 1.82) is 0 Å². The molecule has 0 spiro atoms. The number of hydrogen-bond donors (Lipinski definition) is 0. The summed E-state index contributed by atoms with van der Waals surface area (Å²) in [6.45, 7) is 0. The standard InChI is InChI=1S/C48H29N3S/c1-3-14-30(15-4-1)43-37-21-8-11-24-41(37)51-46(43)35-27-26-33(29-39(35)44-38-22-9-12-25-42(38)52-48(44)51)32-18-13-19-34(28-32)47-49-40-23-10-7-20-36(40)45(50-47)31-16-5-2-6-17-31/h1-29H. The van der Waals surface area contributed by atoms with Gasteiger partial charge in [-0.05, 0) is 52.4 Å². The number of thiophene rings is 1. The smallest absolute Gasteiger partial charge is 0.160 e. The van der Waals surface area contributed by atoms with Crippen LogP contribution in [0.15, 0.2) is 176 Å². The van der Waals surface area contributed by atoms with E-state index in [1.165, 1.54) is 58.6 Å². The van der Waals surface area contributed by atoms with Crippen molar-refractivity contribution in [3.8, 4) is 44.9 Å². The Kier molecular flexibility index (Phi) is 6.42. The molecular formula is C48H29N3S. The van der Waals surface area contributed by atoms with E-state index in [1.807, 2.05) is 23.5 Å². The lowest BCUT2D eigenvalue weighted by atomic mass is 9.95. The first kappa shape index (κ1) is 29.1. The van der Waals surface area contributed by atoms with Crippen LogP contribution in [0.2, 0.25) is 0 Å². The van der Waals surface area contributed by atoms with Crippen molar-refractivity contribution >= 4 is 69.7 Å². The maximum Gasteiger partial charge on any atom is 0.160 e. The third kappa shape index (κ3) is 4.38. The third-order valence-corrected chi connectivity index (χ3v) is 11.5. The van der Waals surface area contributed by atoms with Gasteiger partial charge >= 0.3 is 0 Å². The fourth-order valence-corrected chi connectivity index (χ4v) is 9.29. The number of benzene rings is 7. The molecular weight excluding hydrogens is 651 g/mol. The topological polar surface area (TPSA) is 30.2 Å². The van der Waals surface area contributed by atoms with Crippen molar-refractivity contribution < 1.29 is 0 Å². The molecule has 0 fully saturated rings. The predicted octanol–water partition coefficient (Wildman–Crippen LogP) is 13.2. The van der Waals surface area contributed by atoms with Crippen LogP contribution in [-0.2, 0) is 0 Å². The molecule has 4 aromatic heterocycles. The van der Waals surface area contributed by atoms with Gasteiger partial charge in [0.25, 0.3) is 0 Å². The molecule has 0 saturated carbocycles. The van der Waals surface area contributed by atoms with Crippen LogP contribution in [0.4, 0.5) is 0 Å². The van der Waals surface area contributed by atoms with E-state index in [0.717, 1.165) is 44.7 Å². The molecule has 4 heteroatoms. The molecule has 242 valence electrons. The maximum atomic E-state index is 5.18. The first-order valence-corrected chi connectivity index (χ1v) is 18.4. The lowest BCUT2D eigenvalue weighted by Gasteiger charge is -2.12. The molecule has 3 nitrogen and oxygen atoms in total. The summed E-state index contributed by atoms with van der Waals surface area (Å²) in [4.78, 5) is 11.5. The fraction of sp³-hybridized carbons (Fsp3) is 0. The summed E-state index contributed by atoms with van der Waals surface area (Å²) in [5, 5.41) is 7.41. The summed E-state index contributed by atoms with van der Waals surface area (Å²) < 4.78 is 3.81. The number of rotatable bonds is 4. The highest BCUT2D eigenvalue weighted by Crippen LogP contribution is 2.47. The molecule has 0 radical (unpaired) electrons. The molecule has 0 amide bonds. The second kappa shape index (κ2) is 11.5. The average Bonchev–Trinajstić information content (AvgIpc) is 3.78. The van der Waals surface area contributed by atoms with Gasteiger partial charge in [-0.15, -0.1) is 11.3 Å². The van der Waals surface area contributed by atoms with Gasteiger partial charge in [-0.3, -0.25) is 4.40 Å². The highest BCUT2D eigenvalue weighted by atomic mass is 32.1. The molecule has 0 saturated heterocycles. The van der Waals surface area contributed by atoms with Crippen molar-refractivity contribution in [2.75, 3.05) is 0 Å². The van der Waals surface area contributed by atoms with E-state index in [9.17, 15) is 0 Å². The Morgan fingerprint density at radius 3 is 1.92 bits per heavy atom. The second-order valence-corrected chi connectivity index (χ2v) is 14.4. The van der Waals surface area contributed by atoms with E-state index >= 15 is 0 Å². The largest absolute Gasteiger partial charge is 0.299 e.